The van der Waals surface area contributed by atoms with Crippen molar-refractivity contribution in [1.82, 2.24) is 4.90 Å². The number of carbonyl (C=O) groups is 1. The van der Waals surface area contributed by atoms with Crippen molar-refractivity contribution < 1.29 is 19.6 Å². The van der Waals surface area contributed by atoms with Gasteiger partial charge in [0.25, 0.3) is 5.69 Å². The number of hydrogen-bond donors (Lipinski definition) is 1. The van der Waals surface area contributed by atoms with Crippen LogP contribution in [0.5, 0.6) is 0 Å². The molecule has 0 spiro atoms. The average molecular weight is 294 g/mol. The summed E-state index contributed by atoms with van der Waals surface area (Å²) in [6.45, 7) is 3.62. The fourth-order valence-electron chi connectivity index (χ4n) is 2.52. The van der Waals surface area contributed by atoms with E-state index in [9.17, 15) is 14.9 Å². The van der Waals surface area contributed by atoms with Gasteiger partial charge in [-0.2, -0.15) is 0 Å². The minimum Gasteiger partial charge on any atom is -0.481 e. The molecule has 2 atom stereocenters. The molecule has 0 amide bonds. The molecule has 1 fully saturated rings. The third kappa shape index (κ3) is 3.99. The lowest BCUT2D eigenvalue weighted by molar-refractivity contribution is -0.385. The van der Waals surface area contributed by atoms with Crippen molar-refractivity contribution in [2.45, 2.75) is 25.5 Å². The fraction of sp³-hybridized carbons (Fsp3) is 0.500. The third-order valence-corrected chi connectivity index (χ3v) is 3.68. The second kappa shape index (κ2) is 6.64. The van der Waals surface area contributed by atoms with E-state index >= 15 is 0 Å². The van der Waals surface area contributed by atoms with Gasteiger partial charge in [-0.05, 0) is 12.5 Å². The van der Waals surface area contributed by atoms with E-state index in [2.05, 4.69) is 4.90 Å². The molecule has 1 saturated heterocycles. The molecule has 1 heterocycles. The van der Waals surface area contributed by atoms with E-state index < -0.39 is 10.9 Å². The predicted molar refractivity (Wildman–Crippen MR) is 75.1 cm³/mol. The van der Waals surface area contributed by atoms with Gasteiger partial charge in [0.15, 0.2) is 0 Å². The molecular weight excluding hydrogens is 276 g/mol. The summed E-state index contributed by atoms with van der Waals surface area (Å²) in [6.07, 6.45) is -0.365. The molecule has 114 valence electrons. The lowest BCUT2D eigenvalue weighted by atomic mass is 10.0. The SMILES string of the molecule is CC(c1cccc([N+](=O)[O-])c1)N1CCOC(CC(=O)O)C1. The molecule has 0 radical (unpaired) electrons. The fourth-order valence-corrected chi connectivity index (χ4v) is 2.52. The highest BCUT2D eigenvalue weighted by atomic mass is 16.6. The van der Waals surface area contributed by atoms with Crippen molar-refractivity contribution >= 4 is 11.7 Å². The normalized spacial score (nSPS) is 20.9. The average Bonchev–Trinajstić information content (AvgIpc) is 2.46. The van der Waals surface area contributed by atoms with Crippen molar-refractivity contribution in [2.24, 2.45) is 0 Å². The maximum absolute atomic E-state index is 10.8. The number of carboxylic acid groups (broad SMARTS) is 1. The minimum absolute atomic E-state index is 0.0231. The van der Waals surface area contributed by atoms with Crippen LogP contribution >= 0.6 is 0 Å². The number of ether oxygens (including phenoxy) is 1. The van der Waals surface area contributed by atoms with Crippen LogP contribution in [-0.2, 0) is 9.53 Å². The maximum Gasteiger partial charge on any atom is 0.306 e. The first kappa shape index (κ1) is 15.4. The van der Waals surface area contributed by atoms with Gasteiger partial charge >= 0.3 is 5.97 Å². The van der Waals surface area contributed by atoms with E-state index in [0.717, 1.165) is 5.56 Å². The molecule has 1 aromatic rings. The van der Waals surface area contributed by atoms with Crippen molar-refractivity contribution in [2.75, 3.05) is 19.7 Å². The Kier molecular flexibility index (Phi) is 4.87. The van der Waals surface area contributed by atoms with Crippen LogP contribution in [-0.4, -0.2) is 46.7 Å². The quantitative estimate of drug-likeness (QED) is 0.658. The number of nitrogens with zero attached hydrogens (tertiary/aromatic N) is 2. The van der Waals surface area contributed by atoms with Crippen LogP contribution in [0.4, 0.5) is 5.69 Å². The highest BCUT2D eigenvalue weighted by Crippen LogP contribution is 2.26. The van der Waals surface area contributed by atoms with Gasteiger partial charge in [0.1, 0.15) is 0 Å². The summed E-state index contributed by atoms with van der Waals surface area (Å²) in [6, 6.07) is 6.51. The van der Waals surface area contributed by atoms with Gasteiger partial charge in [-0.3, -0.25) is 19.8 Å². The Hall–Kier alpha value is -1.99. The molecule has 1 aliphatic rings. The zero-order valence-corrected chi connectivity index (χ0v) is 11.8. The zero-order chi connectivity index (χ0) is 15.4. The van der Waals surface area contributed by atoms with Gasteiger partial charge < -0.3 is 9.84 Å². The van der Waals surface area contributed by atoms with Gasteiger partial charge in [-0.15, -0.1) is 0 Å². The highest BCUT2D eigenvalue weighted by Gasteiger charge is 2.27. The summed E-state index contributed by atoms with van der Waals surface area (Å²) in [5, 5.41) is 19.7. The Balaban J connectivity index is 2.08. The Morgan fingerprint density at radius 1 is 1.62 bits per heavy atom. The summed E-state index contributed by atoms with van der Waals surface area (Å²) in [7, 11) is 0. The summed E-state index contributed by atoms with van der Waals surface area (Å²) in [5.74, 6) is -0.884. The number of morpholine rings is 1. The van der Waals surface area contributed by atoms with Gasteiger partial charge in [0.2, 0.25) is 0 Å². The largest absolute Gasteiger partial charge is 0.481 e. The number of benzene rings is 1. The van der Waals surface area contributed by atoms with Gasteiger partial charge in [-0.25, -0.2) is 0 Å². The molecule has 1 N–H and O–H groups in total. The lowest BCUT2D eigenvalue weighted by Crippen LogP contribution is -2.44. The van der Waals surface area contributed by atoms with Crippen LogP contribution in [0.25, 0.3) is 0 Å². The Morgan fingerprint density at radius 2 is 2.38 bits per heavy atom. The third-order valence-electron chi connectivity index (χ3n) is 3.68. The van der Waals surface area contributed by atoms with E-state index in [-0.39, 0.29) is 24.3 Å². The number of carboxylic acids is 1. The van der Waals surface area contributed by atoms with Gasteiger partial charge in [0, 0.05) is 31.3 Å². The van der Waals surface area contributed by atoms with Crippen LogP contribution in [0.3, 0.4) is 0 Å². The monoisotopic (exact) mass is 294 g/mol. The van der Waals surface area contributed by atoms with Crippen LogP contribution in [0.15, 0.2) is 24.3 Å². The molecule has 7 nitrogen and oxygen atoms in total. The van der Waals surface area contributed by atoms with Crippen LogP contribution < -0.4 is 0 Å². The Morgan fingerprint density at radius 3 is 3.05 bits per heavy atom. The first-order valence-electron chi connectivity index (χ1n) is 6.79. The van der Waals surface area contributed by atoms with Crippen molar-refractivity contribution in [3.8, 4) is 0 Å². The first-order valence-corrected chi connectivity index (χ1v) is 6.79. The second-order valence-electron chi connectivity index (χ2n) is 5.11. The molecule has 0 bridgehead atoms. The van der Waals surface area contributed by atoms with Gasteiger partial charge in [-0.1, -0.05) is 12.1 Å². The molecule has 0 aliphatic carbocycles. The maximum atomic E-state index is 10.8. The van der Waals surface area contributed by atoms with Crippen LogP contribution in [0, 0.1) is 10.1 Å². The second-order valence-corrected chi connectivity index (χ2v) is 5.11. The minimum atomic E-state index is -0.884. The summed E-state index contributed by atoms with van der Waals surface area (Å²) < 4.78 is 5.44. The van der Waals surface area contributed by atoms with Crippen molar-refractivity contribution in [3.63, 3.8) is 0 Å². The smallest absolute Gasteiger partial charge is 0.306 e. The summed E-state index contributed by atoms with van der Waals surface area (Å²) in [5.41, 5.74) is 0.912. The van der Waals surface area contributed by atoms with E-state index in [1.807, 2.05) is 13.0 Å². The van der Waals surface area contributed by atoms with E-state index in [4.69, 9.17) is 9.84 Å². The van der Waals surface area contributed by atoms with Crippen molar-refractivity contribution in [1.29, 1.82) is 0 Å². The number of nitro groups is 1. The lowest BCUT2D eigenvalue weighted by Gasteiger charge is -2.36. The topological polar surface area (TPSA) is 92.9 Å². The predicted octanol–water partition coefficient (Wildman–Crippen LogP) is 1.83. The first-order chi connectivity index (χ1) is 9.97. The number of nitro benzene ring substituents is 1. The molecule has 1 aromatic carbocycles. The molecule has 7 heteroatoms. The highest BCUT2D eigenvalue weighted by molar-refractivity contribution is 5.67. The number of hydrogen-bond acceptors (Lipinski definition) is 5. The molecule has 2 unspecified atom stereocenters. The number of aliphatic carboxylic acids is 1. The molecule has 1 aliphatic heterocycles. The molecule has 21 heavy (non-hydrogen) atoms. The van der Waals surface area contributed by atoms with E-state index in [0.29, 0.717) is 19.7 Å². The van der Waals surface area contributed by atoms with Gasteiger partial charge in [0.05, 0.1) is 24.1 Å². The molecule has 0 aromatic heterocycles. The molecular formula is C14H18N2O5. The van der Waals surface area contributed by atoms with Crippen LogP contribution in [0.1, 0.15) is 24.9 Å². The molecule has 0 saturated carbocycles. The van der Waals surface area contributed by atoms with Crippen LogP contribution in [0.2, 0.25) is 0 Å². The standard InChI is InChI=1S/C14H18N2O5/c1-10(11-3-2-4-12(7-11)16(19)20)15-5-6-21-13(9-15)8-14(17)18/h2-4,7,10,13H,5-6,8-9H2,1H3,(H,17,18). The Bertz CT molecular complexity index is 534. The van der Waals surface area contributed by atoms with Crippen molar-refractivity contribution in [3.05, 3.63) is 39.9 Å². The van der Waals surface area contributed by atoms with E-state index in [1.165, 1.54) is 6.07 Å². The number of non-ortho nitro benzene ring substituents is 1. The Labute approximate surface area is 122 Å². The number of rotatable bonds is 5. The summed E-state index contributed by atoms with van der Waals surface area (Å²) in [4.78, 5) is 23.3. The zero-order valence-electron chi connectivity index (χ0n) is 11.8. The summed E-state index contributed by atoms with van der Waals surface area (Å²) >= 11 is 0. The van der Waals surface area contributed by atoms with E-state index in [1.54, 1.807) is 12.1 Å². The molecule has 2 rings (SSSR count).